The number of rotatable bonds is 6. The molecule has 1 heterocycles. The highest BCUT2D eigenvalue weighted by Gasteiger charge is 2.30. The summed E-state index contributed by atoms with van der Waals surface area (Å²) in [6.07, 6.45) is 0. The average Bonchev–Trinajstić information content (AvgIpc) is 3.11. The number of aryl methyl sites for hydroxylation is 2. The first-order valence-electron chi connectivity index (χ1n) is 8.11. The molecule has 3 nitrogen and oxygen atoms in total. The molecule has 1 atom stereocenters. The van der Waals surface area contributed by atoms with Crippen molar-refractivity contribution in [3.8, 4) is 0 Å². The first-order chi connectivity index (χ1) is 12.0. The van der Waals surface area contributed by atoms with Crippen molar-refractivity contribution in [2.24, 2.45) is 0 Å². The molecule has 0 aliphatic heterocycles. The molecule has 3 rings (SSSR count). The number of hydrogen-bond acceptors (Lipinski definition) is 3. The Hall–Kier alpha value is -2.03. The molecule has 0 spiro atoms. The van der Waals surface area contributed by atoms with Crippen molar-refractivity contribution in [1.82, 2.24) is 0 Å². The summed E-state index contributed by atoms with van der Waals surface area (Å²) in [5.74, 6) is 0. The molecular weight excluding hydrogens is 349 g/mol. The highest BCUT2D eigenvalue weighted by molar-refractivity contribution is 7.73. The Bertz CT molecular complexity index is 784. The molecule has 0 amide bonds. The lowest BCUT2D eigenvalue weighted by Crippen LogP contribution is -2.22. The zero-order valence-electron chi connectivity index (χ0n) is 14.3. The predicted molar refractivity (Wildman–Crippen MR) is 107 cm³/mol. The van der Waals surface area contributed by atoms with Crippen LogP contribution in [0.4, 0.5) is 0 Å². The fraction of sp³-hybridized carbons (Fsp3) is 0.200. The molecule has 2 aromatic carbocycles. The molecule has 1 aromatic heterocycles. The Labute approximate surface area is 153 Å². The van der Waals surface area contributed by atoms with Crippen LogP contribution in [-0.4, -0.2) is 11.5 Å². The first-order valence-corrected chi connectivity index (χ1v) is 10.5. The van der Waals surface area contributed by atoms with Gasteiger partial charge in [0.15, 0.2) is 0 Å². The van der Waals surface area contributed by atoms with Crippen LogP contribution in [0.15, 0.2) is 65.4 Å². The highest BCUT2D eigenvalue weighted by Crippen LogP contribution is 2.50. The van der Waals surface area contributed by atoms with Gasteiger partial charge < -0.3 is 0 Å². The SMILES string of the molecule is Cc1ccc(P(c2ccc(C)cc2)C(C[N+](=O)[O-])c2ccsc2)cc1. The predicted octanol–water partition coefficient (Wildman–Crippen LogP) is 4.82. The molecule has 0 aliphatic rings. The van der Waals surface area contributed by atoms with Crippen LogP contribution in [0.3, 0.4) is 0 Å². The van der Waals surface area contributed by atoms with Gasteiger partial charge in [0.1, 0.15) is 0 Å². The van der Waals surface area contributed by atoms with Gasteiger partial charge in [-0.05, 0) is 54.8 Å². The van der Waals surface area contributed by atoms with Crippen molar-refractivity contribution in [2.45, 2.75) is 19.5 Å². The van der Waals surface area contributed by atoms with Crippen molar-refractivity contribution in [2.75, 3.05) is 6.54 Å². The molecule has 0 saturated heterocycles. The van der Waals surface area contributed by atoms with Gasteiger partial charge in [-0.3, -0.25) is 10.1 Å². The van der Waals surface area contributed by atoms with Gasteiger partial charge in [-0.25, -0.2) is 0 Å². The normalized spacial score (nSPS) is 12.3. The molecule has 1 unspecified atom stereocenters. The summed E-state index contributed by atoms with van der Waals surface area (Å²) in [5.41, 5.74) is 3.34. The molecule has 3 aromatic rings. The molecule has 25 heavy (non-hydrogen) atoms. The quantitative estimate of drug-likeness (QED) is 0.355. The molecule has 5 heteroatoms. The van der Waals surface area contributed by atoms with Crippen LogP contribution >= 0.6 is 19.3 Å². The number of thiophene rings is 1. The van der Waals surface area contributed by atoms with Crippen molar-refractivity contribution >= 4 is 29.9 Å². The second-order valence-corrected chi connectivity index (χ2v) is 9.31. The van der Waals surface area contributed by atoms with E-state index in [-0.39, 0.29) is 17.1 Å². The largest absolute Gasteiger partial charge is 0.265 e. The number of nitrogens with zero attached hydrogens (tertiary/aromatic N) is 1. The average molecular weight is 369 g/mol. The summed E-state index contributed by atoms with van der Waals surface area (Å²) in [5, 5.41) is 17.8. The molecular formula is C20H20NO2PS. The topological polar surface area (TPSA) is 43.1 Å². The third-order valence-electron chi connectivity index (χ3n) is 4.19. The number of nitro groups is 1. The standard InChI is InChI=1S/C20H20NO2PS/c1-15-3-7-18(8-4-15)24(19-9-5-16(2)6-10-19)20(13-21(22)23)17-11-12-25-14-17/h3-12,14,20H,13H2,1-2H3. The van der Waals surface area contributed by atoms with Gasteiger partial charge in [0.2, 0.25) is 6.54 Å². The fourth-order valence-electron chi connectivity index (χ4n) is 2.86. The van der Waals surface area contributed by atoms with E-state index in [0.29, 0.717) is 0 Å². The van der Waals surface area contributed by atoms with Crippen molar-refractivity contribution in [3.63, 3.8) is 0 Å². The number of hydrogen-bond donors (Lipinski definition) is 0. The van der Waals surface area contributed by atoms with Crippen LogP contribution in [0.25, 0.3) is 0 Å². The van der Waals surface area contributed by atoms with E-state index in [4.69, 9.17) is 0 Å². The van der Waals surface area contributed by atoms with Gasteiger partial charge in [-0.1, -0.05) is 59.7 Å². The lowest BCUT2D eigenvalue weighted by molar-refractivity contribution is -0.479. The third-order valence-corrected chi connectivity index (χ3v) is 7.68. The van der Waals surface area contributed by atoms with E-state index in [1.54, 1.807) is 11.3 Å². The summed E-state index contributed by atoms with van der Waals surface area (Å²) >= 11 is 1.60. The zero-order chi connectivity index (χ0) is 17.8. The van der Waals surface area contributed by atoms with Gasteiger partial charge >= 0.3 is 0 Å². The monoisotopic (exact) mass is 369 g/mol. The maximum Gasteiger partial charge on any atom is 0.215 e. The van der Waals surface area contributed by atoms with Gasteiger partial charge in [0.25, 0.3) is 0 Å². The zero-order valence-corrected chi connectivity index (χ0v) is 16.0. The van der Waals surface area contributed by atoms with E-state index < -0.39 is 7.92 Å². The maximum absolute atomic E-state index is 11.4. The minimum atomic E-state index is -0.857. The lowest BCUT2D eigenvalue weighted by atomic mass is 10.2. The molecule has 128 valence electrons. The van der Waals surface area contributed by atoms with Crippen LogP contribution in [0.2, 0.25) is 0 Å². The van der Waals surface area contributed by atoms with E-state index in [9.17, 15) is 10.1 Å². The second kappa shape index (κ2) is 7.90. The molecule has 0 N–H and O–H groups in total. The van der Waals surface area contributed by atoms with E-state index in [0.717, 1.165) is 5.56 Å². The highest BCUT2D eigenvalue weighted by atomic mass is 32.1. The van der Waals surface area contributed by atoms with Crippen molar-refractivity contribution in [3.05, 3.63) is 92.2 Å². The summed E-state index contributed by atoms with van der Waals surface area (Å²) < 4.78 is 0. The lowest BCUT2D eigenvalue weighted by Gasteiger charge is -2.26. The van der Waals surface area contributed by atoms with Crippen LogP contribution in [0.5, 0.6) is 0 Å². The summed E-state index contributed by atoms with van der Waals surface area (Å²) in [6, 6.07) is 18.9. The Morgan fingerprint density at radius 1 is 0.960 bits per heavy atom. The van der Waals surface area contributed by atoms with Crippen molar-refractivity contribution in [1.29, 1.82) is 0 Å². The van der Waals surface area contributed by atoms with Gasteiger partial charge in [0, 0.05) is 4.92 Å². The van der Waals surface area contributed by atoms with Gasteiger partial charge in [-0.15, -0.1) is 0 Å². The Balaban J connectivity index is 2.12. The molecule has 0 radical (unpaired) electrons. The van der Waals surface area contributed by atoms with E-state index in [1.165, 1.54) is 21.7 Å². The van der Waals surface area contributed by atoms with E-state index in [1.807, 2.05) is 16.8 Å². The fourth-order valence-corrected chi connectivity index (χ4v) is 6.39. The first kappa shape index (κ1) is 17.8. The molecule has 0 aliphatic carbocycles. The molecule has 0 saturated carbocycles. The van der Waals surface area contributed by atoms with Crippen LogP contribution in [0.1, 0.15) is 22.3 Å². The smallest absolute Gasteiger partial charge is 0.215 e. The van der Waals surface area contributed by atoms with Crippen LogP contribution in [0, 0.1) is 24.0 Å². The van der Waals surface area contributed by atoms with Crippen LogP contribution < -0.4 is 10.6 Å². The minimum absolute atomic E-state index is 0.0514. The third kappa shape index (κ3) is 4.33. The maximum atomic E-state index is 11.4. The Kier molecular flexibility index (Phi) is 5.62. The summed E-state index contributed by atoms with van der Waals surface area (Å²) in [4.78, 5) is 11.2. The summed E-state index contributed by atoms with van der Waals surface area (Å²) in [7, 11) is -0.857. The van der Waals surface area contributed by atoms with Gasteiger partial charge in [0.05, 0.1) is 5.66 Å². The minimum Gasteiger partial charge on any atom is -0.265 e. The van der Waals surface area contributed by atoms with Crippen LogP contribution in [-0.2, 0) is 0 Å². The Morgan fingerprint density at radius 2 is 1.48 bits per heavy atom. The Morgan fingerprint density at radius 3 is 1.88 bits per heavy atom. The number of benzene rings is 2. The van der Waals surface area contributed by atoms with E-state index >= 15 is 0 Å². The van der Waals surface area contributed by atoms with E-state index in [2.05, 4.69) is 62.4 Å². The molecule has 0 fully saturated rings. The van der Waals surface area contributed by atoms with Crippen molar-refractivity contribution < 1.29 is 4.92 Å². The second-order valence-electron chi connectivity index (χ2n) is 6.13. The molecule has 0 bridgehead atoms. The van der Waals surface area contributed by atoms with Gasteiger partial charge in [-0.2, -0.15) is 11.3 Å². The summed E-state index contributed by atoms with van der Waals surface area (Å²) in [6.45, 7) is 4.07.